The minimum absolute atomic E-state index is 0.863. The SMILES string of the molecule is CCNc1ncccc1CN(C)Cc1ccc(OC)cc1. The number of methoxy groups -OCH3 is 1. The van der Waals surface area contributed by atoms with E-state index in [1.165, 1.54) is 11.1 Å². The number of anilines is 1. The number of nitrogens with one attached hydrogen (secondary N) is 1. The van der Waals surface area contributed by atoms with E-state index >= 15 is 0 Å². The minimum Gasteiger partial charge on any atom is -0.497 e. The topological polar surface area (TPSA) is 37.4 Å². The minimum atomic E-state index is 0.863. The Morgan fingerprint density at radius 3 is 2.57 bits per heavy atom. The van der Waals surface area contributed by atoms with Crippen LogP contribution in [0.3, 0.4) is 0 Å². The highest BCUT2D eigenvalue weighted by Gasteiger charge is 2.06. The third-order valence-corrected chi connectivity index (χ3v) is 3.29. The summed E-state index contributed by atoms with van der Waals surface area (Å²) in [6.45, 7) is 4.72. The van der Waals surface area contributed by atoms with Gasteiger partial charge in [-0.2, -0.15) is 0 Å². The highest BCUT2D eigenvalue weighted by Crippen LogP contribution is 2.16. The average molecular weight is 285 g/mol. The Balaban J connectivity index is 1.99. The quantitative estimate of drug-likeness (QED) is 0.848. The third-order valence-electron chi connectivity index (χ3n) is 3.29. The second-order valence-corrected chi connectivity index (χ2v) is 5.06. The lowest BCUT2D eigenvalue weighted by atomic mass is 10.2. The van der Waals surface area contributed by atoms with Crippen LogP contribution in [0.5, 0.6) is 5.75 Å². The lowest BCUT2D eigenvalue weighted by Gasteiger charge is -2.19. The van der Waals surface area contributed by atoms with Gasteiger partial charge in [0.25, 0.3) is 0 Å². The van der Waals surface area contributed by atoms with E-state index < -0.39 is 0 Å². The van der Waals surface area contributed by atoms with Gasteiger partial charge in [-0.15, -0.1) is 0 Å². The summed E-state index contributed by atoms with van der Waals surface area (Å²) in [6, 6.07) is 12.3. The van der Waals surface area contributed by atoms with Crippen LogP contribution >= 0.6 is 0 Å². The fourth-order valence-corrected chi connectivity index (χ4v) is 2.28. The van der Waals surface area contributed by atoms with Gasteiger partial charge in [0, 0.05) is 31.4 Å². The maximum Gasteiger partial charge on any atom is 0.130 e. The van der Waals surface area contributed by atoms with Gasteiger partial charge in [-0.05, 0) is 37.7 Å². The van der Waals surface area contributed by atoms with Gasteiger partial charge in [0.15, 0.2) is 0 Å². The number of pyridine rings is 1. The molecule has 0 saturated heterocycles. The molecule has 0 aliphatic rings. The van der Waals surface area contributed by atoms with E-state index in [4.69, 9.17) is 4.74 Å². The third kappa shape index (κ3) is 4.46. The molecule has 0 radical (unpaired) electrons. The standard InChI is InChI=1S/C17H23N3O/c1-4-18-17-15(6-5-11-19-17)13-20(2)12-14-7-9-16(21-3)10-8-14/h5-11H,4,12-13H2,1-3H3,(H,18,19). The van der Waals surface area contributed by atoms with Crippen molar-refractivity contribution in [1.29, 1.82) is 0 Å². The molecule has 0 amide bonds. The van der Waals surface area contributed by atoms with E-state index in [1.807, 2.05) is 24.4 Å². The van der Waals surface area contributed by atoms with Crippen molar-refractivity contribution < 1.29 is 4.74 Å². The van der Waals surface area contributed by atoms with Crippen LogP contribution in [0.4, 0.5) is 5.82 Å². The lowest BCUT2D eigenvalue weighted by Crippen LogP contribution is -2.18. The van der Waals surface area contributed by atoms with Gasteiger partial charge in [-0.3, -0.25) is 4.90 Å². The molecular weight excluding hydrogens is 262 g/mol. The van der Waals surface area contributed by atoms with E-state index in [1.54, 1.807) is 7.11 Å². The summed E-state index contributed by atoms with van der Waals surface area (Å²) in [5.41, 5.74) is 2.49. The zero-order valence-electron chi connectivity index (χ0n) is 13.0. The van der Waals surface area contributed by atoms with Crippen molar-refractivity contribution in [2.75, 3.05) is 26.0 Å². The van der Waals surface area contributed by atoms with E-state index in [9.17, 15) is 0 Å². The van der Waals surface area contributed by atoms with Crippen LogP contribution in [0.15, 0.2) is 42.6 Å². The second-order valence-electron chi connectivity index (χ2n) is 5.06. The Morgan fingerprint density at radius 2 is 1.90 bits per heavy atom. The zero-order chi connectivity index (χ0) is 15.1. The Kier molecular flexibility index (Phi) is 5.58. The molecule has 0 spiro atoms. The summed E-state index contributed by atoms with van der Waals surface area (Å²) in [7, 11) is 3.80. The molecular formula is C17H23N3O. The molecule has 4 heteroatoms. The Hall–Kier alpha value is -2.07. The number of rotatable bonds is 7. The van der Waals surface area contributed by atoms with Crippen molar-refractivity contribution in [3.05, 3.63) is 53.7 Å². The number of nitrogens with zero attached hydrogens (tertiary/aromatic N) is 2. The molecule has 1 aromatic carbocycles. The largest absolute Gasteiger partial charge is 0.497 e. The molecule has 1 aromatic heterocycles. The average Bonchev–Trinajstić information content (AvgIpc) is 2.50. The molecule has 0 aliphatic heterocycles. The number of ether oxygens (including phenoxy) is 1. The molecule has 2 aromatic rings. The molecule has 0 saturated carbocycles. The monoisotopic (exact) mass is 285 g/mol. The maximum atomic E-state index is 5.18. The first kappa shape index (κ1) is 15.3. The van der Waals surface area contributed by atoms with Crippen molar-refractivity contribution in [3.63, 3.8) is 0 Å². The Labute approximate surface area is 126 Å². The van der Waals surface area contributed by atoms with Crippen LogP contribution in [0.2, 0.25) is 0 Å². The van der Waals surface area contributed by atoms with Gasteiger partial charge < -0.3 is 10.1 Å². The Morgan fingerprint density at radius 1 is 1.14 bits per heavy atom. The van der Waals surface area contributed by atoms with Gasteiger partial charge in [0.2, 0.25) is 0 Å². The van der Waals surface area contributed by atoms with E-state index in [0.717, 1.165) is 31.2 Å². The zero-order valence-corrected chi connectivity index (χ0v) is 13.0. The summed E-state index contributed by atoms with van der Waals surface area (Å²) < 4.78 is 5.18. The van der Waals surface area contributed by atoms with Crippen LogP contribution in [-0.4, -0.2) is 30.6 Å². The predicted octanol–water partition coefficient (Wildman–Crippen LogP) is 3.15. The molecule has 112 valence electrons. The van der Waals surface area contributed by atoms with Gasteiger partial charge >= 0.3 is 0 Å². The molecule has 0 unspecified atom stereocenters. The first-order valence-electron chi connectivity index (χ1n) is 7.22. The first-order chi connectivity index (χ1) is 10.2. The van der Waals surface area contributed by atoms with E-state index in [-0.39, 0.29) is 0 Å². The number of hydrogen-bond acceptors (Lipinski definition) is 4. The molecule has 2 rings (SSSR count). The molecule has 0 aliphatic carbocycles. The van der Waals surface area contributed by atoms with Crippen LogP contribution in [0, 0.1) is 0 Å². The summed E-state index contributed by atoms with van der Waals surface area (Å²) in [6.07, 6.45) is 1.82. The number of aromatic nitrogens is 1. The fourth-order valence-electron chi connectivity index (χ4n) is 2.28. The molecule has 1 heterocycles. The molecule has 1 N–H and O–H groups in total. The van der Waals surface area contributed by atoms with Gasteiger partial charge in [0.1, 0.15) is 11.6 Å². The Bertz CT molecular complexity index is 554. The summed E-state index contributed by atoms with van der Waals surface area (Å²) in [5.74, 6) is 1.87. The highest BCUT2D eigenvalue weighted by molar-refractivity contribution is 5.43. The first-order valence-corrected chi connectivity index (χ1v) is 7.22. The summed E-state index contributed by atoms with van der Waals surface area (Å²) in [4.78, 5) is 6.67. The molecule has 0 fully saturated rings. The number of benzene rings is 1. The molecule has 4 nitrogen and oxygen atoms in total. The highest BCUT2D eigenvalue weighted by atomic mass is 16.5. The van der Waals surface area contributed by atoms with Crippen molar-refractivity contribution in [2.45, 2.75) is 20.0 Å². The summed E-state index contributed by atoms with van der Waals surface area (Å²) in [5, 5.41) is 3.31. The normalized spacial score (nSPS) is 10.7. The second kappa shape index (κ2) is 7.64. The van der Waals surface area contributed by atoms with Crippen LogP contribution in [0.25, 0.3) is 0 Å². The van der Waals surface area contributed by atoms with Crippen molar-refractivity contribution >= 4 is 5.82 Å². The predicted molar refractivity (Wildman–Crippen MR) is 86.6 cm³/mol. The maximum absolute atomic E-state index is 5.18. The fraction of sp³-hybridized carbons (Fsp3) is 0.353. The van der Waals surface area contributed by atoms with Gasteiger partial charge in [-0.25, -0.2) is 4.98 Å². The molecule has 21 heavy (non-hydrogen) atoms. The molecule has 0 atom stereocenters. The van der Waals surface area contributed by atoms with Gasteiger partial charge in [0.05, 0.1) is 7.11 Å². The van der Waals surface area contributed by atoms with Crippen molar-refractivity contribution in [1.82, 2.24) is 9.88 Å². The van der Waals surface area contributed by atoms with Crippen LogP contribution in [0.1, 0.15) is 18.1 Å². The summed E-state index contributed by atoms with van der Waals surface area (Å²) >= 11 is 0. The van der Waals surface area contributed by atoms with Crippen LogP contribution in [-0.2, 0) is 13.1 Å². The van der Waals surface area contributed by atoms with Crippen molar-refractivity contribution in [3.8, 4) is 5.75 Å². The van der Waals surface area contributed by atoms with E-state index in [0.29, 0.717) is 0 Å². The molecule has 0 bridgehead atoms. The van der Waals surface area contributed by atoms with E-state index in [2.05, 4.69) is 47.4 Å². The van der Waals surface area contributed by atoms with Crippen molar-refractivity contribution in [2.24, 2.45) is 0 Å². The smallest absolute Gasteiger partial charge is 0.130 e. The lowest BCUT2D eigenvalue weighted by molar-refractivity contribution is 0.319. The van der Waals surface area contributed by atoms with Gasteiger partial charge in [-0.1, -0.05) is 18.2 Å². The number of hydrogen-bond donors (Lipinski definition) is 1. The van der Waals surface area contributed by atoms with Crippen LogP contribution < -0.4 is 10.1 Å².